The third-order valence-corrected chi connectivity index (χ3v) is 3.93. The zero-order chi connectivity index (χ0) is 17.7. The minimum atomic E-state index is -0.196. The van der Waals surface area contributed by atoms with Crippen LogP contribution in [-0.4, -0.2) is 29.0 Å². The van der Waals surface area contributed by atoms with Gasteiger partial charge in [0.15, 0.2) is 0 Å². The Hall–Kier alpha value is -2.43. The summed E-state index contributed by atoms with van der Waals surface area (Å²) in [5.74, 6) is 0.449. The minimum absolute atomic E-state index is 0.0486. The van der Waals surface area contributed by atoms with Crippen LogP contribution in [0, 0.1) is 0 Å². The number of nitrogens with zero attached hydrogens (tertiary/aromatic N) is 3. The molecular formula is C19H26N4O. The van der Waals surface area contributed by atoms with Gasteiger partial charge in [0.1, 0.15) is 0 Å². The molecule has 0 saturated heterocycles. The van der Waals surface area contributed by atoms with Crippen molar-refractivity contribution in [3.8, 4) is 0 Å². The number of amides is 1. The highest BCUT2D eigenvalue weighted by atomic mass is 16.1. The van der Waals surface area contributed by atoms with Crippen LogP contribution in [0.4, 0.5) is 11.6 Å². The normalized spacial score (nSPS) is 11.2. The van der Waals surface area contributed by atoms with Gasteiger partial charge in [0, 0.05) is 31.2 Å². The highest BCUT2D eigenvalue weighted by Crippen LogP contribution is 2.29. The molecule has 24 heavy (non-hydrogen) atoms. The molecule has 1 N–H and O–H groups in total. The highest BCUT2D eigenvalue weighted by Gasteiger charge is 2.19. The summed E-state index contributed by atoms with van der Waals surface area (Å²) >= 11 is 0. The minimum Gasteiger partial charge on any atom is -0.341 e. The van der Waals surface area contributed by atoms with E-state index in [9.17, 15) is 4.79 Å². The molecule has 128 valence electrons. The topological polar surface area (TPSA) is 58.1 Å². The van der Waals surface area contributed by atoms with Crippen LogP contribution in [0.5, 0.6) is 0 Å². The molecule has 1 heterocycles. The van der Waals surface area contributed by atoms with Gasteiger partial charge in [-0.3, -0.25) is 4.79 Å². The number of para-hydroxylation sites is 1. The molecule has 2 rings (SSSR count). The van der Waals surface area contributed by atoms with Gasteiger partial charge in [0.2, 0.25) is 5.95 Å². The number of hydrogen-bond acceptors (Lipinski definition) is 4. The van der Waals surface area contributed by atoms with Crippen LogP contribution in [0.2, 0.25) is 0 Å². The van der Waals surface area contributed by atoms with Crippen molar-refractivity contribution in [2.45, 2.75) is 40.0 Å². The average molecular weight is 326 g/mol. The molecule has 5 nitrogen and oxygen atoms in total. The third kappa shape index (κ3) is 4.10. The molecule has 0 bridgehead atoms. The van der Waals surface area contributed by atoms with Gasteiger partial charge in [-0.15, -0.1) is 0 Å². The van der Waals surface area contributed by atoms with Crippen LogP contribution in [0.25, 0.3) is 0 Å². The predicted octanol–water partition coefficient (Wildman–Crippen LogP) is 3.87. The fraction of sp³-hybridized carbons (Fsp3) is 0.421. The van der Waals surface area contributed by atoms with E-state index in [0.717, 1.165) is 24.3 Å². The summed E-state index contributed by atoms with van der Waals surface area (Å²) in [6.07, 6.45) is 3.16. The standard InChI is InChI=1S/C19H26N4O/c1-6-23(7-2)18-20-12-14(13-21-18)17(24)22-16-11-9-8-10-15(16)19(3,4)5/h8-13H,6-7H2,1-5H3,(H,22,24). The van der Waals surface area contributed by atoms with Gasteiger partial charge in [-0.05, 0) is 30.9 Å². The van der Waals surface area contributed by atoms with E-state index in [2.05, 4.69) is 49.9 Å². The molecule has 1 amide bonds. The van der Waals surface area contributed by atoms with Crippen molar-refractivity contribution >= 4 is 17.5 Å². The van der Waals surface area contributed by atoms with Gasteiger partial charge < -0.3 is 10.2 Å². The average Bonchev–Trinajstić information content (AvgIpc) is 2.56. The molecule has 0 radical (unpaired) electrons. The lowest BCUT2D eigenvalue weighted by Gasteiger charge is -2.23. The van der Waals surface area contributed by atoms with Crippen LogP contribution in [0.15, 0.2) is 36.7 Å². The molecule has 0 unspecified atom stereocenters. The Morgan fingerprint density at radius 2 is 1.67 bits per heavy atom. The van der Waals surface area contributed by atoms with Gasteiger partial charge in [0.05, 0.1) is 5.56 Å². The molecule has 2 aromatic rings. The number of anilines is 2. The smallest absolute Gasteiger partial charge is 0.258 e. The fourth-order valence-electron chi connectivity index (χ4n) is 2.55. The van der Waals surface area contributed by atoms with E-state index in [0.29, 0.717) is 11.5 Å². The number of nitrogens with one attached hydrogen (secondary N) is 1. The quantitative estimate of drug-likeness (QED) is 0.906. The summed E-state index contributed by atoms with van der Waals surface area (Å²) in [6, 6.07) is 7.86. The number of carbonyl (C=O) groups is 1. The Balaban J connectivity index is 2.19. The van der Waals surface area contributed by atoms with Crippen molar-refractivity contribution in [2.24, 2.45) is 0 Å². The maximum atomic E-state index is 12.5. The van der Waals surface area contributed by atoms with Crippen LogP contribution >= 0.6 is 0 Å². The molecule has 0 aliphatic rings. The highest BCUT2D eigenvalue weighted by molar-refractivity contribution is 6.04. The SMILES string of the molecule is CCN(CC)c1ncc(C(=O)Nc2ccccc2C(C)(C)C)cn1. The Labute approximate surface area is 144 Å². The van der Waals surface area contributed by atoms with Crippen LogP contribution < -0.4 is 10.2 Å². The van der Waals surface area contributed by atoms with Crippen molar-refractivity contribution in [1.29, 1.82) is 0 Å². The van der Waals surface area contributed by atoms with Gasteiger partial charge in [-0.25, -0.2) is 9.97 Å². The molecule has 0 spiro atoms. The summed E-state index contributed by atoms with van der Waals surface area (Å²) in [5.41, 5.74) is 2.32. The maximum absolute atomic E-state index is 12.5. The van der Waals surface area contributed by atoms with Crippen LogP contribution in [-0.2, 0) is 5.41 Å². The summed E-state index contributed by atoms with van der Waals surface area (Å²) in [4.78, 5) is 23.2. The number of carbonyl (C=O) groups excluding carboxylic acids is 1. The number of benzene rings is 1. The molecule has 1 aromatic heterocycles. The Morgan fingerprint density at radius 3 is 2.21 bits per heavy atom. The molecule has 0 aliphatic carbocycles. The lowest BCUT2D eigenvalue weighted by atomic mass is 9.86. The lowest BCUT2D eigenvalue weighted by molar-refractivity contribution is 0.102. The van der Waals surface area contributed by atoms with E-state index < -0.39 is 0 Å². The summed E-state index contributed by atoms with van der Waals surface area (Å²) < 4.78 is 0. The first-order valence-electron chi connectivity index (χ1n) is 8.34. The zero-order valence-corrected chi connectivity index (χ0v) is 15.1. The summed E-state index contributed by atoms with van der Waals surface area (Å²) in [6.45, 7) is 12.1. The molecule has 0 fully saturated rings. The van der Waals surface area contributed by atoms with Crippen molar-refractivity contribution in [3.05, 3.63) is 47.8 Å². The van der Waals surface area contributed by atoms with Crippen molar-refractivity contribution in [2.75, 3.05) is 23.3 Å². The summed E-state index contributed by atoms with van der Waals surface area (Å²) in [5, 5.41) is 2.98. The van der Waals surface area contributed by atoms with Crippen molar-refractivity contribution in [1.82, 2.24) is 9.97 Å². The van der Waals surface area contributed by atoms with E-state index in [4.69, 9.17) is 0 Å². The molecule has 0 atom stereocenters. The van der Waals surface area contributed by atoms with E-state index in [1.54, 1.807) is 12.4 Å². The number of rotatable bonds is 5. The van der Waals surface area contributed by atoms with E-state index in [-0.39, 0.29) is 11.3 Å². The van der Waals surface area contributed by atoms with Gasteiger partial charge in [-0.2, -0.15) is 0 Å². The largest absolute Gasteiger partial charge is 0.341 e. The monoisotopic (exact) mass is 326 g/mol. The Bertz CT molecular complexity index is 685. The number of hydrogen-bond donors (Lipinski definition) is 1. The fourth-order valence-corrected chi connectivity index (χ4v) is 2.55. The molecule has 0 saturated carbocycles. The van der Waals surface area contributed by atoms with E-state index in [1.807, 2.05) is 29.2 Å². The predicted molar refractivity (Wildman–Crippen MR) is 98.7 cm³/mol. The second-order valence-electron chi connectivity index (χ2n) is 6.69. The van der Waals surface area contributed by atoms with Crippen LogP contribution in [0.3, 0.4) is 0 Å². The molecule has 5 heteroatoms. The van der Waals surface area contributed by atoms with Gasteiger partial charge in [-0.1, -0.05) is 39.0 Å². The zero-order valence-electron chi connectivity index (χ0n) is 15.1. The Kier molecular flexibility index (Phi) is 5.54. The summed E-state index contributed by atoms with van der Waals surface area (Å²) in [7, 11) is 0. The molecular weight excluding hydrogens is 300 g/mol. The molecule has 1 aromatic carbocycles. The van der Waals surface area contributed by atoms with Crippen LogP contribution in [0.1, 0.15) is 50.5 Å². The third-order valence-electron chi connectivity index (χ3n) is 3.93. The second kappa shape index (κ2) is 7.43. The van der Waals surface area contributed by atoms with E-state index >= 15 is 0 Å². The lowest BCUT2D eigenvalue weighted by Crippen LogP contribution is -2.24. The Morgan fingerprint density at radius 1 is 1.08 bits per heavy atom. The van der Waals surface area contributed by atoms with Crippen molar-refractivity contribution < 1.29 is 4.79 Å². The van der Waals surface area contributed by atoms with Gasteiger partial charge in [0.25, 0.3) is 5.91 Å². The second-order valence-corrected chi connectivity index (χ2v) is 6.69. The first kappa shape index (κ1) is 17.9. The van der Waals surface area contributed by atoms with Gasteiger partial charge >= 0.3 is 0 Å². The first-order chi connectivity index (χ1) is 11.4. The molecule has 0 aliphatic heterocycles. The maximum Gasteiger partial charge on any atom is 0.258 e. The van der Waals surface area contributed by atoms with Crippen molar-refractivity contribution in [3.63, 3.8) is 0 Å². The number of aromatic nitrogens is 2. The van der Waals surface area contributed by atoms with E-state index in [1.165, 1.54) is 0 Å². The first-order valence-corrected chi connectivity index (χ1v) is 8.34.